The molecule has 0 spiro atoms. The van der Waals surface area contributed by atoms with Gasteiger partial charge in [0.15, 0.2) is 17.2 Å². The second kappa shape index (κ2) is 8.79. The van der Waals surface area contributed by atoms with Crippen LogP contribution in [-0.2, 0) is 16.1 Å². The minimum absolute atomic E-state index is 0.254. The minimum Gasteiger partial charge on any atom is -0.493 e. The van der Waals surface area contributed by atoms with Crippen molar-refractivity contribution >= 4 is 51.9 Å². The Morgan fingerprint density at radius 2 is 2.00 bits per heavy atom. The summed E-state index contributed by atoms with van der Waals surface area (Å²) >= 11 is 3.67. The molecule has 0 aliphatic carbocycles. The van der Waals surface area contributed by atoms with Crippen LogP contribution >= 0.6 is 33.9 Å². The van der Waals surface area contributed by atoms with Gasteiger partial charge in [0.1, 0.15) is 6.61 Å². The van der Waals surface area contributed by atoms with Crippen LogP contribution in [0.4, 0.5) is 0 Å². The summed E-state index contributed by atoms with van der Waals surface area (Å²) in [5.74, 6) is 1.12. The molecule has 0 unspecified atom stereocenters. The van der Waals surface area contributed by atoms with Crippen LogP contribution in [-0.4, -0.2) is 19.0 Å². The van der Waals surface area contributed by atoms with Gasteiger partial charge < -0.3 is 14.2 Å². The number of rotatable bonds is 6. The average Bonchev–Trinajstić information content (AvgIpc) is 3.38. The molecule has 0 atom stereocenters. The summed E-state index contributed by atoms with van der Waals surface area (Å²) in [5, 5.41) is 1.91. The lowest BCUT2D eigenvalue weighted by atomic mass is 10.1. The molecule has 1 aliphatic rings. The van der Waals surface area contributed by atoms with Gasteiger partial charge in [0.25, 0.3) is 0 Å². The van der Waals surface area contributed by atoms with E-state index >= 15 is 0 Å². The monoisotopic (exact) mass is 517 g/mol. The fourth-order valence-electron chi connectivity index (χ4n) is 2.77. The zero-order chi connectivity index (χ0) is 20.2. The van der Waals surface area contributed by atoms with Crippen molar-refractivity contribution in [2.45, 2.75) is 6.61 Å². The Hall–Kier alpha value is -2.65. The van der Waals surface area contributed by atoms with Crippen molar-refractivity contribution < 1.29 is 19.0 Å². The Balaban J connectivity index is 1.59. The molecule has 0 N–H and O–H groups in total. The molecular formula is C22H16INO4S. The van der Waals surface area contributed by atoms with Crippen LogP contribution < -0.4 is 9.47 Å². The van der Waals surface area contributed by atoms with Crippen LogP contribution in [0.2, 0.25) is 0 Å². The summed E-state index contributed by atoms with van der Waals surface area (Å²) in [4.78, 5) is 17.3. The molecule has 3 aromatic rings. The molecule has 0 amide bonds. The number of esters is 1. The van der Waals surface area contributed by atoms with Gasteiger partial charge in [-0.1, -0.05) is 36.4 Å². The smallest absolute Gasteiger partial charge is 0.363 e. The molecule has 0 bridgehead atoms. The number of carbonyl (C=O) groups excluding carboxylic acids is 1. The summed E-state index contributed by atoms with van der Waals surface area (Å²) in [6.45, 7) is 0.439. The van der Waals surface area contributed by atoms with E-state index in [1.165, 1.54) is 11.3 Å². The van der Waals surface area contributed by atoms with Gasteiger partial charge in [-0.15, -0.1) is 11.3 Å². The SMILES string of the molecule is COc1cc(C=C2N=C(c3cccs3)OC2=O)cc(I)c1OCc1ccccc1. The number of cyclic esters (lactones) is 1. The molecule has 2 heterocycles. The summed E-state index contributed by atoms with van der Waals surface area (Å²) in [6, 6.07) is 17.4. The van der Waals surface area contributed by atoms with E-state index in [0.717, 1.165) is 19.6 Å². The highest BCUT2D eigenvalue weighted by molar-refractivity contribution is 14.1. The van der Waals surface area contributed by atoms with Crippen molar-refractivity contribution in [2.24, 2.45) is 4.99 Å². The second-order valence-corrected chi connectivity index (χ2v) is 8.23. The number of methoxy groups -OCH3 is 1. The van der Waals surface area contributed by atoms with Gasteiger partial charge in [-0.05, 0) is 63.4 Å². The summed E-state index contributed by atoms with van der Waals surface area (Å²) in [5.41, 5.74) is 2.10. The van der Waals surface area contributed by atoms with Gasteiger partial charge in [0, 0.05) is 0 Å². The van der Waals surface area contributed by atoms with E-state index in [2.05, 4.69) is 27.6 Å². The van der Waals surface area contributed by atoms with Gasteiger partial charge in [0.2, 0.25) is 5.90 Å². The van der Waals surface area contributed by atoms with Crippen molar-refractivity contribution in [3.05, 3.63) is 85.2 Å². The highest BCUT2D eigenvalue weighted by Gasteiger charge is 2.25. The fourth-order valence-corrected chi connectivity index (χ4v) is 4.20. The van der Waals surface area contributed by atoms with E-state index in [0.29, 0.717) is 24.0 Å². The molecule has 29 heavy (non-hydrogen) atoms. The van der Waals surface area contributed by atoms with Gasteiger partial charge in [-0.3, -0.25) is 0 Å². The molecule has 2 aromatic carbocycles. The molecule has 1 aromatic heterocycles. The Kier molecular flexibility index (Phi) is 5.96. The summed E-state index contributed by atoms with van der Waals surface area (Å²) in [6.07, 6.45) is 1.69. The molecule has 0 fully saturated rings. The molecule has 5 nitrogen and oxygen atoms in total. The van der Waals surface area contributed by atoms with Crippen molar-refractivity contribution in [1.82, 2.24) is 0 Å². The first-order valence-electron chi connectivity index (χ1n) is 8.75. The maximum absolute atomic E-state index is 12.2. The van der Waals surface area contributed by atoms with E-state index in [9.17, 15) is 4.79 Å². The van der Waals surface area contributed by atoms with E-state index in [4.69, 9.17) is 14.2 Å². The Labute approximate surface area is 185 Å². The first kappa shape index (κ1) is 19.7. The van der Waals surface area contributed by atoms with Crippen molar-refractivity contribution in [3.63, 3.8) is 0 Å². The van der Waals surface area contributed by atoms with Gasteiger partial charge in [-0.2, -0.15) is 0 Å². The standard InChI is InChI=1S/C22H16INO4S/c1-26-18-12-15(10-16(23)20(18)27-13-14-6-3-2-4-7-14)11-17-22(25)28-21(24-17)19-8-5-9-29-19/h2-12H,13H2,1H3. The van der Waals surface area contributed by atoms with Crippen LogP contribution in [0.1, 0.15) is 16.0 Å². The van der Waals surface area contributed by atoms with E-state index in [-0.39, 0.29) is 5.70 Å². The van der Waals surface area contributed by atoms with Crippen LogP contribution in [0.25, 0.3) is 6.08 Å². The lowest BCUT2D eigenvalue weighted by Gasteiger charge is -2.13. The normalized spacial score (nSPS) is 14.6. The maximum atomic E-state index is 12.2. The zero-order valence-corrected chi connectivity index (χ0v) is 18.4. The molecule has 146 valence electrons. The van der Waals surface area contributed by atoms with E-state index < -0.39 is 5.97 Å². The lowest BCUT2D eigenvalue weighted by molar-refractivity contribution is -0.129. The topological polar surface area (TPSA) is 57.1 Å². The predicted molar refractivity (Wildman–Crippen MR) is 121 cm³/mol. The highest BCUT2D eigenvalue weighted by Crippen LogP contribution is 2.35. The second-order valence-electron chi connectivity index (χ2n) is 6.12. The first-order chi connectivity index (χ1) is 14.1. The number of halogens is 1. The lowest BCUT2D eigenvalue weighted by Crippen LogP contribution is -2.03. The van der Waals surface area contributed by atoms with Crippen molar-refractivity contribution in [3.8, 4) is 11.5 Å². The first-order valence-corrected chi connectivity index (χ1v) is 10.7. The van der Waals surface area contributed by atoms with E-state index in [1.807, 2.05) is 60.0 Å². The van der Waals surface area contributed by atoms with Gasteiger partial charge in [-0.25, -0.2) is 9.79 Å². The largest absolute Gasteiger partial charge is 0.493 e. The third-order valence-corrected chi connectivity index (χ3v) is 5.79. The molecule has 1 aliphatic heterocycles. The fraction of sp³-hybridized carbons (Fsp3) is 0.0909. The number of thiophene rings is 1. The predicted octanol–water partition coefficient (Wildman–Crippen LogP) is 5.28. The molecular weight excluding hydrogens is 501 g/mol. The number of hydrogen-bond acceptors (Lipinski definition) is 6. The summed E-state index contributed by atoms with van der Waals surface area (Å²) in [7, 11) is 1.59. The quantitative estimate of drug-likeness (QED) is 0.254. The Morgan fingerprint density at radius 3 is 2.72 bits per heavy atom. The van der Waals surface area contributed by atoms with Crippen molar-refractivity contribution in [2.75, 3.05) is 7.11 Å². The number of carbonyl (C=O) groups is 1. The molecule has 0 saturated carbocycles. The highest BCUT2D eigenvalue weighted by atomic mass is 127. The average molecular weight is 517 g/mol. The minimum atomic E-state index is -0.466. The number of aliphatic imine (C=N–C) groups is 1. The number of hydrogen-bond donors (Lipinski definition) is 0. The van der Waals surface area contributed by atoms with Crippen LogP contribution in [0, 0.1) is 3.57 Å². The molecule has 7 heteroatoms. The van der Waals surface area contributed by atoms with Crippen LogP contribution in [0.5, 0.6) is 11.5 Å². The number of ether oxygens (including phenoxy) is 3. The maximum Gasteiger partial charge on any atom is 0.363 e. The molecule has 0 saturated heterocycles. The van der Waals surface area contributed by atoms with Gasteiger partial charge >= 0.3 is 5.97 Å². The van der Waals surface area contributed by atoms with Crippen LogP contribution in [0.3, 0.4) is 0 Å². The van der Waals surface area contributed by atoms with Gasteiger partial charge in [0.05, 0.1) is 15.6 Å². The third-order valence-electron chi connectivity index (χ3n) is 4.13. The third kappa shape index (κ3) is 4.51. The Bertz CT molecular complexity index is 1090. The zero-order valence-electron chi connectivity index (χ0n) is 15.4. The van der Waals surface area contributed by atoms with Crippen LogP contribution in [0.15, 0.2) is 70.7 Å². The number of nitrogens with zero attached hydrogens (tertiary/aromatic N) is 1. The van der Waals surface area contributed by atoms with E-state index in [1.54, 1.807) is 13.2 Å². The van der Waals surface area contributed by atoms with Crippen molar-refractivity contribution in [1.29, 1.82) is 0 Å². The summed E-state index contributed by atoms with van der Waals surface area (Å²) < 4.78 is 17.7. The number of benzene rings is 2. The molecule has 0 radical (unpaired) electrons. The molecule has 4 rings (SSSR count). The Morgan fingerprint density at radius 1 is 1.17 bits per heavy atom.